The molecule has 0 N–H and O–H groups in total. The Morgan fingerprint density at radius 1 is 0.926 bits per heavy atom. The molecule has 0 spiro atoms. The van der Waals surface area contributed by atoms with E-state index in [9.17, 15) is 4.79 Å². The Morgan fingerprint density at radius 3 is 1.89 bits per heavy atom. The average molecular weight is 376 g/mol. The standard InChI is InChI=1S/C23H39N2O2/c1-21(2)23(26)27-20-14-12-10-8-6-5-7-9-11-13-17-25-18-15-22(16-19-25)24(3)4/h15-16,18-19H,1,5-14,17,20H2,2-4H3/q+1. The van der Waals surface area contributed by atoms with Crippen molar-refractivity contribution in [2.24, 2.45) is 0 Å². The first kappa shape index (κ1) is 23.2. The van der Waals surface area contributed by atoms with E-state index in [1.807, 2.05) is 0 Å². The molecule has 152 valence electrons. The number of hydrogen-bond donors (Lipinski definition) is 0. The molecule has 0 aromatic carbocycles. The lowest BCUT2D eigenvalue weighted by molar-refractivity contribution is -0.697. The maximum atomic E-state index is 11.2. The molecule has 0 bridgehead atoms. The van der Waals surface area contributed by atoms with Gasteiger partial charge in [-0.25, -0.2) is 9.36 Å². The fourth-order valence-corrected chi connectivity index (χ4v) is 3.00. The van der Waals surface area contributed by atoms with Crippen LogP contribution in [-0.2, 0) is 16.1 Å². The van der Waals surface area contributed by atoms with E-state index in [4.69, 9.17) is 4.74 Å². The molecule has 0 atom stereocenters. The van der Waals surface area contributed by atoms with Crippen LogP contribution in [0.1, 0.15) is 71.1 Å². The molecule has 1 aromatic rings. The van der Waals surface area contributed by atoms with E-state index in [1.54, 1.807) is 6.92 Å². The van der Waals surface area contributed by atoms with Crippen LogP contribution in [-0.4, -0.2) is 26.7 Å². The third-order valence-electron chi connectivity index (χ3n) is 4.78. The van der Waals surface area contributed by atoms with Gasteiger partial charge in [0.25, 0.3) is 0 Å². The van der Waals surface area contributed by atoms with Crippen molar-refractivity contribution in [2.45, 2.75) is 77.7 Å². The summed E-state index contributed by atoms with van der Waals surface area (Å²) in [6, 6.07) is 4.34. The van der Waals surface area contributed by atoms with Crippen molar-refractivity contribution in [3.63, 3.8) is 0 Å². The highest BCUT2D eigenvalue weighted by Gasteiger charge is 2.03. The zero-order valence-electron chi connectivity index (χ0n) is 17.7. The Hall–Kier alpha value is -1.84. The van der Waals surface area contributed by atoms with Crippen LogP contribution < -0.4 is 9.47 Å². The molecular weight excluding hydrogens is 336 g/mol. The third-order valence-corrected chi connectivity index (χ3v) is 4.78. The van der Waals surface area contributed by atoms with Crippen LogP contribution in [0, 0.1) is 0 Å². The summed E-state index contributed by atoms with van der Waals surface area (Å²) >= 11 is 0. The lowest BCUT2D eigenvalue weighted by Crippen LogP contribution is -2.32. The minimum atomic E-state index is -0.265. The largest absolute Gasteiger partial charge is 0.462 e. The molecule has 1 heterocycles. The molecule has 0 aliphatic carbocycles. The van der Waals surface area contributed by atoms with E-state index in [-0.39, 0.29) is 5.97 Å². The quantitative estimate of drug-likeness (QED) is 0.186. The SMILES string of the molecule is C=C(C)C(=O)OCCCCCCCCCCCC[n+]1ccc(N(C)C)cc1. The van der Waals surface area contributed by atoms with Crippen molar-refractivity contribution in [1.82, 2.24) is 0 Å². The Kier molecular flexibility index (Phi) is 12.2. The van der Waals surface area contributed by atoms with Crippen molar-refractivity contribution >= 4 is 11.7 Å². The Morgan fingerprint density at radius 2 is 1.41 bits per heavy atom. The number of unbranched alkanes of at least 4 members (excludes halogenated alkanes) is 9. The van der Waals surface area contributed by atoms with Gasteiger partial charge in [-0.2, -0.15) is 0 Å². The molecule has 0 unspecified atom stereocenters. The third kappa shape index (κ3) is 11.5. The minimum absolute atomic E-state index is 0.265. The topological polar surface area (TPSA) is 33.4 Å². The molecule has 0 radical (unpaired) electrons. The lowest BCUT2D eigenvalue weighted by Gasteiger charge is -2.10. The first-order valence-corrected chi connectivity index (χ1v) is 10.5. The van der Waals surface area contributed by atoms with Crippen molar-refractivity contribution in [3.8, 4) is 0 Å². The molecule has 0 amide bonds. The van der Waals surface area contributed by atoms with Gasteiger partial charge >= 0.3 is 5.97 Å². The van der Waals surface area contributed by atoms with Crippen LogP contribution in [0.5, 0.6) is 0 Å². The summed E-state index contributed by atoms with van der Waals surface area (Å²) in [6.45, 7) is 6.91. The molecule has 4 heteroatoms. The first-order valence-electron chi connectivity index (χ1n) is 10.5. The number of esters is 1. The molecule has 0 fully saturated rings. The van der Waals surface area contributed by atoms with E-state index in [1.165, 1.54) is 57.1 Å². The summed E-state index contributed by atoms with van der Waals surface area (Å²) in [5.41, 5.74) is 1.73. The van der Waals surface area contributed by atoms with Crippen LogP contribution in [0.3, 0.4) is 0 Å². The summed E-state index contributed by atoms with van der Waals surface area (Å²) in [5.74, 6) is -0.265. The maximum Gasteiger partial charge on any atom is 0.333 e. The van der Waals surface area contributed by atoms with Gasteiger partial charge in [0, 0.05) is 43.9 Å². The van der Waals surface area contributed by atoms with Gasteiger partial charge in [0.05, 0.1) is 6.61 Å². The number of nitrogens with zero attached hydrogens (tertiary/aromatic N) is 2. The van der Waals surface area contributed by atoms with E-state index in [0.29, 0.717) is 12.2 Å². The number of hydrogen-bond acceptors (Lipinski definition) is 3. The van der Waals surface area contributed by atoms with Gasteiger partial charge in [0.2, 0.25) is 0 Å². The number of pyridine rings is 1. The second-order valence-electron chi connectivity index (χ2n) is 7.64. The Balaban J connectivity index is 1.86. The monoisotopic (exact) mass is 375 g/mol. The van der Waals surface area contributed by atoms with Crippen molar-refractivity contribution in [2.75, 3.05) is 25.6 Å². The Labute approximate surface area is 166 Å². The maximum absolute atomic E-state index is 11.2. The highest BCUT2D eigenvalue weighted by Crippen LogP contribution is 2.11. The highest BCUT2D eigenvalue weighted by atomic mass is 16.5. The van der Waals surface area contributed by atoms with E-state index >= 15 is 0 Å². The van der Waals surface area contributed by atoms with Gasteiger partial charge in [0.15, 0.2) is 12.4 Å². The predicted molar refractivity (Wildman–Crippen MR) is 113 cm³/mol. The summed E-state index contributed by atoms with van der Waals surface area (Å²) in [6.07, 6.45) is 16.9. The molecule has 0 saturated carbocycles. The molecule has 0 saturated heterocycles. The van der Waals surface area contributed by atoms with E-state index in [0.717, 1.165) is 19.4 Å². The summed E-state index contributed by atoms with van der Waals surface area (Å²) in [7, 11) is 4.14. The molecular formula is C23H39N2O2+. The molecule has 4 nitrogen and oxygen atoms in total. The summed E-state index contributed by atoms with van der Waals surface area (Å²) in [5, 5.41) is 0. The minimum Gasteiger partial charge on any atom is -0.462 e. The van der Waals surface area contributed by atoms with Crippen LogP contribution in [0.15, 0.2) is 36.7 Å². The second-order valence-corrected chi connectivity index (χ2v) is 7.64. The van der Waals surface area contributed by atoms with Crippen molar-refractivity contribution in [1.29, 1.82) is 0 Å². The molecule has 0 aliphatic rings. The van der Waals surface area contributed by atoms with Gasteiger partial charge < -0.3 is 9.64 Å². The highest BCUT2D eigenvalue weighted by molar-refractivity contribution is 5.86. The van der Waals surface area contributed by atoms with Crippen molar-refractivity contribution < 1.29 is 14.1 Å². The fraction of sp³-hybridized carbons (Fsp3) is 0.652. The summed E-state index contributed by atoms with van der Waals surface area (Å²) in [4.78, 5) is 13.3. The van der Waals surface area contributed by atoms with Gasteiger partial charge in [0.1, 0.15) is 6.54 Å². The molecule has 27 heavy (non-hydrogen) atoms. The lowest BCUT2D eigenvalue weighted by atomic mass is 10.1. The van der Waals surface area contributed by atoms with Gasteiger partial charge in [-0.3, -0.25) is 0 Å². The molecule has 0 aliphatic heterocycles. The number of carbonyl (C=O) groups excluding carboxylic acids is 1. The zero-order valence-corrected chi connectivity index (χ0v) is 17.7. The normalized spacial score (nSPS) is 10.6. The van der Waals surface area contributed by atoms with Gasteiger partial charge in [-0.15, -0.1) is 0 Å². The zero-order chi connectivity index (χ0) is 19.9. The van der Waals surface area contributed by atoms with Gasteiger partial charge in [-0.05, 0) is 19.8 Å². The fourth-order valence-electron chi connectivity index (χ4n) is 3.00. The van der Waals surface area contributed by atoms with Gasteiger partial charge in [-0.1, -0.05) is 51.5 Å². The van der Waals surface area contributed by atoms with Crippen molar-refractivity contribution in [3.05, 3.63) is 36.7 Å². The average Bonchev–Trinajstić information content (AvgIpc) is 2.65. The Bertz CT molecular complexity index is 538. The number of aryl methyl sites for hydroxylation is 1. The second kappa shape index (κ2) is 14.2. The number of carbonyl (C=O) groups is 1. The van der Waals surface area contributed by atoms with E-state index in [2.05, 4.69) is 54.7 Å². The smallest absolute Gasteiger partial charge is 0.333 e. The van der Waals surface area contributed by atoms with Crippen LogP contribution in [0.25, 0.3) is 0 Å². The van der Waals surface area contributed by atoms with E-state index < -0.39 is 0 Å². The number of anilines is 1. The van der Waals surface area contributed by atoms with Crippen LogP contribution in [0.2, 0.25) is 0 Å². The summed E-state index contributed by atoms with van der Waals surface area (Å²) < 4.78 is 7.37. The predicted octanol–water partition coefficient (Wildman–Crippen LogP) is 5.06. The van der Waals surface area contributed by atoms with Crippen LogP contribution >= 0.6 is 0 Å². The molecule has 1 rings (SSSR count). The number of ether oxygens (including phenoxy) is 1. The first-order chi connectivity index (χ1) is 13.0. The van der Waals surface area contributed by atoms with Crippen LogP contribution in [0.4, 0.5) is 5.69 Å². The number of aromatic nitrogens is 1. The molecule has 1 aromatic heterocycles. The number of rotatable bonds is 15.